The molecule has 0 heteroatoms. The van der Waals surface area contributed by atoms with Crippen molar-refractivity contribution in [2.45, 2.75) is 67.2 Å². The van der Waals surface area contributed by atoms with Gasteiger partial charge in [-0.15, -0.1) is 13.2 Å². The second kappa shape index (κ2) is 11.1. The van der Waals surface area contributed by atoms with Crippen LogP contribution in [-0.4, -0.2) is 0 Å². The molecule has 0 N–H and O–H groups in total. The summed E-state index contributed by atoms with van der Waals surface area (Å²) < 4.78 is 0. The van der Waals surface area contributed by atoms with Crippen LogP contribution in [0, 0.1) is 11.3 Å². The van der Waals surface area contributed by atoms with Gasteiger partial charge >= 0.3 is 0 Å². The summed E-state index contributed by atoms with van der Waals surface area (Å²) in [5.41, 5.74) is 5.29. The van der Waals surface area contributed by atoms with Gasteiger partial charge in [0.05, 0.1) is 0 Å². The van der Waals surface area contributed by atoms with Gasteiger partial charge in [-0.25, -0.2) is 0 Å². The molecule has 2 unspecified atom stereocenters. The second-order valence-corrected chi connectivity index (χ2v) is 6.56. The van der Waals surface area contributed by atoms with Crippen LogP contribution >= 0.6 is 0 Å². The quantitative estimate of drug-likeness (QED) is 0.267. The van der Waals surface area contributed by atoms with E-state index >= 15 is 0 Å². The molecule has 0 aromatic heterocycles. The molecule has 0 heterocycles. The van der Waals surface area contributed by atoms with Gasteiger partial charge in [-0.1, -0.05) is 74.4 Å². The van der Waals surface area contributed by atoms with E-state index < -0.39 is 0 Å². The minimum Gasteiger partial charge on any atom is -0.103 e. The molecule has 0 bridgehead atoms. The highest BCUT2D eigenvalue weighted by atomic mass is 14.4. The summed E-state index contributed by atoms with van der Waals surface area (Å²) in [6.45, 7) is 25.7. The van der Waals surface area contributed by atoms with Gasteiger partial charge in [-0.2, -0.15) is 0 Å². The van der Waals surface area contributed by atoms with E-state index in [4.69, 9.17) is 0 Å². The lowest BCUT2D eigenvalue weighted by Crippen LogP contribution is -2.30. The first-order valence-electron chi connectivity index (χ1n) is 9.30. The van der Waals surface area contributed by atoms with Crippen LogP contribution < -0.4 is 0 Å². The highest BCUT2D eigenvalue weighted by Gasteiger charge is 2.37. The first-order valence-corrected chi connectivity index (χ1v) is 9.30. The Bertz CT molecular complexity index is 524. The highest BCUT2D eigenvalue weighted by molar-refractivity contribution is 5.45. The average Bonchev–Trinajstić information content (AvgIpc) is 2.61. The minimum atomic E-state index is -0.159. The molecule has 0 radical (unpaired) electrons. The first-order chi connectivity index (χ1) is 11.4. The van der Waals surface area contributed by atoms with Crippen LogP contribution in [0.5, 0.6) is 0 Å². The van der Waals surface area contributed by atoms with Crippen LogP contribution in [0.1, 0.15) is 67.2 Å². The zero-order valence-electron chi connectivity index (χ0n) is 16.9. The zero-order valence-corrected chi connectivity index (χ0v) is 16.9. The fourth-order valence-corrected chi connectivity index (χ4v) is 3.46. The smallest absolute Gasteiger partial charge is 0.0361 e. The Labute approximate surface area is 151 Å². The largest absolute Gasteiger partial charge is 0.103 e. The van der Waals surface area contributed by atoms with E-state index in [0.717, 1.165) is 25.7 Å². The molecular weight excluding hydrogens is 288 g/mol. The molecule has 0 aromatic rings. The Morgan fingerprint density at radius 3 is 2.21 bits per heavy atom. The lowest BCUT2D eigenvalue weighted by atomic mass is 9.63. The van der Waals surface area contributed by atoms with Gasteiger partial charge in [0, 0.05) is 5.41 Å². The summed E-state index contributed by atoms with van der Waals surface area (Å²) in [4.78, 5) is 0. The molecule has 24 heavy (non-hydrogen) atoms. The molecule has 0 fully saturated rings. The van der Waals surface area contributed by atoms with Crippen molar-refractivity contribution < 1.29 is 0 Å². The van der Waals surface area contributed by atoms with Crippen LogP contribution in [0.15, 0.2) is 72.4 Å². The van der Waals surface area contributed by atoms with Crippen molar-refractivity contribution in [3.05, 3.63) is 72.4 Å². The molecule has 0 rings (SSSR count). The van der Waals surface area contributed by atoms with E-state index in [0.29, 0.717) is 5.92 Å². The maximum absolute atomic E-state index is 4.46. The van der Waals surface area contributed by atoms with Gasteiger partial charge in [-0.3, -0.25) is 0 Å². The Kier molecular flexibility index (Phi) is 10.4. The minimum absolute atomic E-state index is 0.159. The lowest BCUT2D eigenvalue weighted by Gasteiger charge is -2.40. The van der Waals surface area contributed by atoms with Gasteiger partial charge in [-0.05, 0) is 57.9 Å². The molecule has 2 atom stereocenters. The summed E-state index contributed by atoms with van der Waals surface area (Å²) in [6, 6.07) is 0. The van der Waals surface area contributed by atoms with Crippen LogP contribution in [0.3, 0.4) is 0 Å². The van der Waals surface area contributed by atoms with Gasteiger partial charge in [0.2, 0.25) is 0 Å². The van der Waals surface area contributed by atoms with Crippen LogP contribution in [0.2, 0.25) is 0 Å². The van der Waals surface area contributed by atoms with Gasteiger partial charge in [0.1, 0.15) is 0 Å². The van der Waals surface area contributed by atoms with Gasteiger partial charge in [0.15, 0.2) is 0 Å². The van der Waals surface area contributed by atoms with Crippen molar-refractivity contribution in [2.75, 3.05) is 0 Å². The highest BCUT2D eigenvalue weighted by Crippen LogP contribution is 2.48. The van der Waals surface area contributed by atoms with Crippen molar-refractivity contribution in [1.29, 1.82) is 0 Å². The summed E-state index contributed by atoms with van der Waals surface area (Å²) in [7, 11) is 0. The summed E-state index contributed by atoms with van der Waals surface area (Å²) in [6.07, 6.45) is 14.9. The molecule has 0 amide bonds. The zero-order chi connectivity index (χ0) is 18.8. The Hall–Kier alpha value is -1.56. The molecule has 0 aliphatic heterocycles. The molecule has 134 valence electrons. The molecule has 0 aromatic carbocycles. The van der Waals surface area contributed by atoms with E-state index in [1.165, 1.54) is 22.3 Å². The fourth-order valence-electron chi connectivity index (χ4n) is 3.46. The average molecular weight is 327 g/mol. The summed E-state index contributed by atoms with van der Waals surface area (Å²) >= 11 is 0. The van der Waals surface area contributed by atoms with Crippen LogP contribution in [0.25, 0.3) is 0 Å². The third-order valence-electron chi connectivity index (χ3n) is 5.28. The van der Waals surface area contributed by atoms with Crippen molar-refractivity contribution in [2.24, 2.45) is 11.3 Å². The fraction of sp³-hybridized carbons (Fsp3) is 0.500. The van der Waals surface area contributed by atoms with Gasteiger partial charge in [0.25, 0.3) is 0 Å². The predicted octanol–water partition coefficient (Wildman–Crippen LogP) is 7.98. The van der Waals surface area contributed by atoms with E-state index in [-0.39, 0.29) is 5.41 Å². The van der Waals surface area contributed by atoms with Crippen LogP contribution in [-0.2, 0) is 0 Å². The third-order valence-corrected chi connectivity index (χ3v) is 5.28. The van der Waals surface area contributed by atoms with Crippen molar-refractivity contribution in [1.82, 2.24) is 0 Å². The Morgan fingerprint density at radius 2 is 1.79 bits per heavy atom. The summed E-state index contributed by atoms with van der Waals surface area (Å²) in [5, 5.41) is 0. The topological polar surface area (TPSA) is 0 Å². The standard InChI is InChI=1S/C24H38/c1-10-15-17-23(19(6)12-3)22(9)24(18-16-11-2,20(7)13-4)21(8)14-5/h10,12-13,16,18,20H,1,4,8,11,14-15,17H2,2-3,5-7,9H3. The number of hydrogen-bond acceptors (Lipinski definition) is 0. The Balaban J connectivity index is 6.67. The molecule has 0 saturated heterocycles. The molecule has 0 saturated carbocycles. The third kappa shape index (κ3) is 4.97. The van der Waals surface area contributed by atoms with E-state index in [9.17, 15) is 0 Å². The van der Waals surface area contributed by atoms with Crippen molar-refractivity contribution in [3.8, 4) is 0 Å². The summed E-state index contributed by atoms with van der Waals surface area (Å²) in [5.74, 6) is 0.302. The SMILES string of the molecule is C=CCCC(C(C)=CC)=C(C)C(C=CCC)(C(=C)CC)C(C)C=C. The van der Waals surface area contributed by atoms with Gasteiger partial charge < -0.3 is 0 Å². The molecule has 0 aliphatic rings. The van der Waals surface area contributed by atoms with E-state index in [1.54, 1.807) is 0 Å². The second-order valence-electron chi connectivity index (χ2n) is 6.56. The molecule has 0 nitrogen and oxygen atoms in total. The van der Waals surface area contributed by atoms with E-state index in [2.05, 4.69) is 85.6 Å². The first kappa shape index (κ1) is 22.4. The number of rotatable bonds is 11. The maximum atomic E-state index is 4.46. The molecule has 0 spiro atoms. The monoisotopic (exact) mass is 326 g/mol. The lowest BCUT2D eigenvalue weighted by molar-refractivity contribution is 0.411. The molecular formula is C24H38. The molecule has 0 aliphatic carbocycles. The normalized spacial score (nSPS) is 17.2. The predicted molar refractivity (Wildman–Crippen MR) is 112 cm³/mol. The number of allylic oxidation sites excluding steroid dienone is 9. The van der Waals surface area contributed by atoms with Crippen LogP contribution in [0.4, 0.5) is 0 Å². The van der Waals surface area contributed by atoms with Crippen molar-refractivity contribution >= 4 is 0 Å². The number of hydrogen-bond donors (Lipinski definition) is 0. The Morgan fingerprint density at radius 1 is 1.17 bits per heavy atom. The van der Waals surface area contributed by atoms with E-state index in [1.807, 2.05) is 6.08 Å². The maximum Gasteiger partial charge on any atom is 0.0361 e. The van der Waals surface area contributed by atoms with Crippen molar-refractivity contribution in [3.63, 3.8) is 0 Å².